The topological polar surface area (TPSA) is 117 Å². The molecule has 2 aliphatic heterocycles. The molecule has 1 atom stereocenters. The van der Waals surface area contributed by atoms with Crippen LogP contribution >= 0.6 is 11.6 Å². The molecule has 3 aromatic rings. The van der Waals surface area contributed by atoms with Crippen LogP contribution in [0.4, 0.5) is 4.79 Å². The highest BCUT2D eigenvalue weighted by atomic mass is 35.5. The molecule has 5 rings (SSSR count). The van der Waals surface area contributed by atoms with Gasteiger partial charge in [-0.2, -0.15) is 0 Å². The lowest BCUT2D eigenvalue weighted by Gasteiger charge is -2.34. The Hall–Kier alpha value is -3.37. The highest BCUT2D eigenvalue weighted by Gasteiger charge is 2.50. The molecule has 35 heavy (non-hydrogen) atoms. The number of hydrogen-bond acceptors (Lipinski definition) is 8. The molecule has 0 spiro atoms. The molecule has 0 fully saturated rings. The number of carbonyl (C=O) groups excluding carboxylic acids is 2. The third-order valence-electron chi connectivity index (χ3n) is 6.66. The Morgan fingerprint density at radius 2 is 2.06 bits per heavy atom. The van der Waals surface area contributed by atoms with Crippen LogP contribution in [-0.2, 0) is 39.4 Å². The van der Waals surface area contributed by atoms with E-state index < -0.39 is 24.1 Å². The molecule has 4 heterocycles. The molecule has 2 aromatic heterocycles. The summed E-state index contributed by atoms with van der Waals surface area (Å²) in [7, 11) is -0.958. The number of hydrogen-bond donors (Lipinski definition) is 1. The van der Waals surface area contributed by atoms with E-state index in [9.17, 15) is 19.4 Å². The lowest BCUT2D eigenvalue weighted by atomic mass is 9.85. The van der Waals surface area contributed by atoms with Crippen molar-refractivity contribution >= 4 is 41.0 Å². The highest BCUT2D eigenvalue weighted by Crippen LogP contribution is 2.42. The van der Waals surface area contributed by atoms with E-state index in [1.807, 2.05) is 13.0 Å². The summed E-state index contributed by atoms with van der Waals surface area (Å²) in [5.74, 6) is -0.256. The van der Waals surface area contributed by atoms with Crippen molar-refractivity contribution < 1.29 is 28.7 Å². The maximum atomic E-state index is 13.6. The molecule has 0 radical (unpaired) electrons. The lowest BCUT2D eigenvalue weighted by molar-refractivity contribution is -0.171. The minimum atomic E-state index is -1.80. The average Bonchev–Trinajstić information content (AvgIpc) is 3.17. The van der Waals surface area contributed by atoms with Crippen molar-refractivity contribution in [3.63, 3.8) is 0 Å². The van der Waals surface area contributed by atoms with E-state index >= 15 is 0 Å². The third-order valence-corrected chi connectivity index (χ3v) is 6.74. The molecule has 180 valence electrons. The van der Waals surface area contributed by atoms with Gasteiger partial charge in [0.25, 0.3) is 5.56 Å². The van der Waals surface area contributed by atoms with E-state index in [4.69, 9.17) is 30.7 Å². The van der Waals surface area contributed by atoms with Gasteiger partial charge < -0.3 is 23.7 Å². The third kappa shape index (κ3) is 3.51. The maximum absolute atomic E-state index is 13.6. The number of cyclic esters (lactones) is 1. The predicted octanol–water partition coefficient (Wildman–Crippen LogP) is 3.51. The fourth-order valence-electron chi connectivity index (χ4n) is 5.11. The van der Waals surface area contributed by atoms with E-state index in [0.717, 1.165) is 16.5 Å². The predicted molar refractivity (Wildman–Crippen MR) is 128 cm³/mol. The van der Waals surface area contributed by atoms with Gasteiger partial charge in [-0.3, -0.25) is 4.79 Å². The van der Waals surface area contributed by atoms with Crippen molar-refractivity contribution in [2.45, 2.75) is 52.3 Å². The van der Waals surface area contributed by atoms with Crippen LogP contribution in [-0.4, -0.2) is 33.1 Å². The summed E-state index contributed by atoms with van der Waals surface area (Å²) in [6, 6.07) is 7.05. The summed E-state index contributed by atoms with van der Waals surface area (Å²) >= 11 is 5.51. The molecule has 1 unspecified atom stereocenters. The second-order valence-electron chi connectivity index (χ2n) is 8.58. The summed E-state index contributed by atoms with van der Waals surface area (Å²) in [5, 5.41) is 10.5. The van der Waals surface area contributed by atoms with E-state index in [-0.39, 0.29) is 29.7 Å². The zero-order chi connectivity index (χ0) is 25.1. The number of aromatic nitrogens is 2. The van der Waals surface area contributed by atoms with Crippen LogP contribution in [0.1, 0.15) is 42.5 Å². The van der Waals surface area contributed by atoms with Gasteiger partial charge >= 0.3 is 18.5 Å². The normalized spacial score (nSPS) is 17.9. The number of pyridine rings is 2. The van der Waals surface area contributed by atoms with Gasteiger partial charge in [0.15, 0.2) is 0 Å². The summed E-state index contributed by atoms with van der Waals surface area (Å²) in [6.45, 7) is 5.28. The van der Waals surface area contributed by atoms with Crippen molar-refractivity contribution in [3.05, 3.63) is 56.9 Å². The number of aryl methyl sites for hydroxylation is 1. The van der Waals surface area contributed by atoms with Crippen LogP contribution in [0.3, 0.4) is 0 Å². The Morgan fingerprint density at radius 1 is 1.29 bits per heavy atom. The van der Waals surface area contributed by atoms with Crippen molar-refractivity contribution in [3.8, 4) is 17.1 Å². The maximum Gasteiger partial charge on any atom is 0.519 e. The first-order valence-corrected chi connectivity index (χ1v) is 11.7. The number of carbonyl (C=O) groups is 2. The number of rotatable bonds is 5. The van der Waals surface area contributed by atoms with Gasteiger partial charge in [-0.05, 0) is 49.5 Å². The highest BCUT2D eigenvalue weighted by molar-refractivity contribution is 6.61. The smallest absolute Gasteiger partial charge is 0.519 e. The van der Waals surface area contributed by atoms with Gasteiger partial charge in [-0.1, -0.05) is 13.8 Å². The van der Waals surface area contributed by atoms with Crippen LogP contribution < -0.4 is 10.2 Å². The molecule has 0 amide bonds. The molecule has 0 saturated carbocycles. The van der Waals surface area contributed by atoms with Crippen molar-refractivity contribution in [2.24, 2.45) is 0 Å². The minimum Gasteiger partial charge on any atom is -0.536 e. The molecule has 0 saturated heterocycles. The second-order valence-corrected chi connectivity index (χ2v) is 8.89. The van der Waals surface area contributed by atoms with Gasteiger partial charge in [0.1, 0.15) is 12.4 Å². The van der Waals surface area contributed by atoms with Gasteiger partial charge in [-0.25, -0.2) is 14.6 Å². The standard InChI is InChI=1S/C24H22BClN2O7/c1-4-13-14-8-12(35-25(3)32)6-7-18(14)27-20-15(13)10-28-19(20)9-17-16(21(28)29)11-33-22(30)24(17,5-2)34-23(26)31/h6-9,32H,4-5,10-11H2,1-3H3. The first-order chi connectivity index (χ1) is 16.7. The van der Waals surface area contributed by atoms with Crippen LogP contribution in [0.15, 0.2) is 29.1 Å². The van der Waals surface area contributed by atoms with Crippen LogP contribution in [0.25, 0.3) is 22.3 Å². The summed E-state index contributed by atoms with van der Waals surface area (Å²) in [6.07, 6.45) is 0.719. The monoisotopic (exact) mass is 496 g/mol. The van der Waals surface area contributed by atoms with Crippen molar-refractivity contribution in [1.82, 2.24) is 9.55 Å². The zero-order valence-electron chi connectivity index (χ0n) is 19.4. The van der Waals surface area contributed by atoms with Gasteiger partial charge in [0, 0.05) is 28.1 Å². The Kier molecular flexibility index (Phi) is 5.60. The number of fused-ring (bicyclic) bond motifs is 5. The molecule has 11 heteroatoms. The van der Waals surface area contributed by atoms with Crippen LogP contribution in [0.5, 0.6) is 5.75 Å². The average molecular weight is 497 g/mol. The Morgan fingerprint density at radius 3 is 2.71 bits per heavy atom. The summed E-state index contributed by atoms with van der Waals surface area (Å²) in [5.41, 5.74) is 0.961. The van der Waals surface area contributed by atoms with Crippen LogP contribution in [0.2, 0.25) is 6.82 Å². The Labute approximate surface area is 205 Å². The Balaban J connectivity index is 1.76. The number of benzene rings is 1. The van der Waals surface area contributed by atoms with Gasteiger partial charge in [0.05, 0.1) is 29.0 Å². The lowest BCUT2D eigenvalue weighted by Crippen LogP contribution is -2.46. The summed E-state index contributed by atoms with van der Waals surface area (Å²) in [4.78, 5) is 42.9. The quantitative estimate of drug-likeness (QED) is 0.253. The first kappa shape index (κ1) is 23.4. The number of nitrogens with zero attached hydrogens (tertiary/aromatic N) is 2. The van der Waals surface area contributed by atoms with Crippen molar-refractivity contribution in [2.75, 3.05) is 0 Å². The minimum absolute atomic E-state index is 0.0461. The molecule has 1 aromatic carbocycles. The first-order valence-electron chi connectivity index (χ1n) is 11.3. The van der Waals surface area contributed by atoms with Crippen molar-refractivity contribution in [1.29, 1.82) is 0 Å². The molecule has 0 bridgehead atoms. The number of ether oxygens (including phenoxy) is 2. The fourth-order valence-corrected chi connectivity index (χ4v) is 5.24. The molecule has 0 aliphatic carbocycles. The number of halogens is 1. The fraction of sp³-hybridized carbons (Fsp3) is 0.333. The van der Waals surface area contributed by atoms with Gasteiger partial charge in [0.2, 0.25) is 5.60 Å². The zero-order valence-corrected chi connectivity index (χ0v) is 20.1. The number of esters is 1. The van der Waals surface area contributed by atoms with E-state index in [2.05, 4.69) is 0 Å². The molecular formula is C24H22BClN2O7. The largest absolute Gasteiger partial charge is 0.536 e. The molecule has 1 N–H and O–H groups in total. The SMILES string of the molecule is CCc1c2c(nc3ccc(OB(C)O)cc13)-c1cc3c(c(=O)n1C2)COC(=O)C3(CC)OC(=O)Cl. The molecular weight excluding hydrogens is 475 g/mol. The molecule has 9 nitrogen and oxygen atoms in total. The van der Waals surface area contributed by atoms with Gasteiger partial charge in [-0.15, -0.1) is 0 Å². The van der Waals surface area contributed by atoms with Crippen LogP contribution in [0, 0.1) is 0 Å². The van der Waals surface area contributed by atoms with E-state index in [1.165, 1.54) is 6.82 Å². The van der Waals surface area contributed by atoms with E-state index in [1.54, 1.807) is 29.7 Å². The summed E-state index contributed by atoms with van der Waals surface area (Å²) < 4.78 is 17.6. The Bertz CT molecular complexity index is 1470. The molecule has 2 aliphatic rings. The van der Waals surface area contributed by atoms with E-state index in [0.29, 0.717) is 35.6 Å². The second kappa shape index (κ2) is 8.39.